The van der Waals surface area contributed by atoms with Crippen LogP contribution in [-0.4, -0.2) is 9.78 Å². The van der Waals surface area contributed by atoms with E-state index in [0.717, 1.165) is 5.52 Å². The van der Waals surface area contributed by atoms with Crippen LogP contribution in [0.25, 0.3) is 10.9 Å². The molecule has 0 aliphatic rings. The lowest BCUT2D eigenvalue weighted by atomic mass is 9.94. The summed E-state index contributed by atoms with van der Waals surface area (Å²) in [4.78, 5) is 0. The minimum absolute atomic E-state index is 0.552. The van der Waals surface area contributed by atoms with E-state index in [1.54, 1.807) is 0 Å². The molecule has 0 spiro atoms. The Balaban J connectivity index is 2.87. The summed E-state index contributed by atoms with van der Waals surface area (Å²) >= 11 is 0. The predicted molar refractivity (Wildman–Crippen MR) is 64.3 cm³/mol. The van der Waals surface area contributed by atoms with Crippen molar-refractivity contribution < 1.29 is 0 Å². The molecule has 2 rings (SSSR count). The molecular weight excluding hydrogens is 184 g/mol. The molecule has 0 fully saturated rings. The summed E-state index contributed by atoms with van der Waals surface area (Å²) in [6.45, 7) is 8.78. The van der Waals surface area contributed by atoms with Gasteiger partial charge in [0.2, 0.25) is 0 Å². The first-order valence-corrected chi connectivity index (χ1v) is 5.44. The largest absolute Gasteiger partial charge is 0.275 e. The molecule has 1 aromatic heterocycles. The van der Waals surface area contributed by atoms with Crippen LogP contribution in [0.15, 0.2) is 12.3 Å². The molecule has 0 saturated carbocycles. The van der Waals surface area contributed by atoms with Crippen LogP contribution in [0.4, 0.5) is 0 Å². The summed E-state index contributed by atoms with van der Waals surface area (Å²) in [7, 11) is 1.98. The molecule has 80 valence electrons. The van der Waals surface area contributed by atoms with Gasteiger partial charge in [-0.25, -0.2) is 0 Å². The number of nitrogens with zero attached hydrogens (tertiary/aromatic N) is 2. The van der Waals surface area contributed by atoms with E-state index in [9.17, 15) is 0 Å². The van der Waals surface area contributed by atoms with Gasteiger partial charge in [0.25, 0.3) is 0 Å². The third kappa shape index (κ3) is 1.54. The number of hydrogen-bond donors (Lipinski definition) is 0. The summed E-state index contributed by atoms with van der Waals surface area (Å²) in [6, 6.07) is 2.30. The third-order valence-corrected chi connectivity index (χ3v) is 3.08. The minimum Gasteiger partial charge on any atom is -0.275 e. The maximum absolute atomic E-state index is 4.53. The van der Waals surface area contributed by atoms with Crippen molar-refractivity contribution in [2.24, 2.45) is 7.05 Å². The van der Waals surface area contributed by atoms with Crippen molar-refractivity contribution in [1.29, 1.82) is 0 Å². The third-order valence-electron chi connectivity index (χ3n) is 3.08. The summed E-state index contributed by atoms with van der Waals surface area (Å²) < 4.78 is 1.91. The highest BCUT2D eigenvalue weighted by Crippen LogP contribution is 2.29. The van der Waals surface area contributed by atoms with Gasteiger partial charge in [0.15, 0.2) is 0 Å². The zero-order chi connectivity index (χ0) is 11.2. The van der Waals surface area contributed by atoms with Crippen LogP contribution >= 0.6 is 0 Å². The van der Waals surface area contributed by atoms with Gasteiger partial charge in [-0.15, -0.1) is 0 Å². The number of aryl methyl sites for hydroxylation is 3. The van der Waals surface area contributed by atoms with Crippen molar-refractivity contribution in [1.82, 2.24) is 9.78 Å². The van der Waals surface area contributed by atoms with Crippen LogP contribution in [-0.2, 0) is 7.05 Å². The molecule has 1 heterocycles. The van der Waals surface area contributed by atoms with Crippen LogP contribution in [0.5, 0.6) is 0 Å². The Labute approximate surface area is 90.9 Å². The van der Waals surface area contributed by atoms with Gasteiger partial charge >= 0.3 is 0 Å². The molecular formula is C13H18N2. The quantitative estimate of drug-likeness (QED) is 0.693. The van der Waals surface area contributed by atoms with E-state index in [4.69, 9.17) is 0 Å². The second-order valence-corrected chi connectivity index (χ2v) is 4.63. The first kappa shape index (κ1) is 10.2. The monoisotopic (exact) mass is 202 g/mol. The molecule has 2 aromatic rings. The van der Waals surface area contributed by atoms with Crippen LogP contribution in [0.3, 0.4) is 0 Å². The zero-order valence-corrected chi connectivity index (χ0v) is 10.1. The maximum Gasteiger partial charge on any atom is 0.0957 e. The van der Waals surface area contributed by atoms with Gasteiger partial charge in [-0.1, -0.05) is 19.9 Å². The second kappa shape index (κ2) is 3.37. The van der Waals surface area contributed by atoms with Crippen molar-refractivity contribution in [2.45, 2.75) is 33.6 Å². The average molecular weight is 202 g/mol. The van der Waals surface area contributed by atoms with Crippen molar-refractivity contribution >= 4 is 10.9 Å². The number of aromatic nitrogens is 2. The Hall–Kier alpha value is -1.31. The molecule has 0 saturated heterocycles. The minimum atomic E-state index is 0.552. The van der Waals surface area contributed by atoms with E-state index in [1.165, 1.54) is 22.1 Å². The molecule has 0 atom stereocenters. The molecule has 0 N–H and O–H groups in total. The smallest absolute Gasteiger partial charge is 0.0957 e. The number of fused-ring (bicyclic) bond motifs is 1. The summed E-state index contributed by atoms with van der Waals surface area (Å²) in [5.74, 6) is 0.552. The van der Waals surface area contributed by atoms with Gasteiger partial charge in [0.1, 0.15) is 0 Å². The van der Waals surface area contributed by atoms with E-state index in [-0.39, 0.29) is 0 Å². The van der Waals surface area contributed by atoms with Gasteiger partial charge < -0.3 is 0 Å². The van der Waals surface area contributed by atoms with Crippen LogP contribution in [0, 0.1) is 13.8 Å². The highest BCUT2D eigenvalue weighted by molar-refractivity contribution is 5.86. The summed E-state index contributed by atoms with van der Waals surface area (Å²) in [5, 5.41) is 5.83. The molecule has 0 aliphatic heterocycles. The molecule has 0 amide bonds. The Morgan fingerprint density at radius 3 is 2.53 bits per heavy atom. The molecule has 0 unspecified atom stereocenters. The predicted octanol–water partition coefficient (Wildman–Crippen LogP) is 3.31. The molecule has 0 radical (unpaired) electrons. The Bertz CT molecular complexity index is 507. The van der Waals surface area contributed by atoms with E-state index in [1.807, 2.05) is 11.7 Å². The van der Waals surface area contributed by atoms with Gasteiger partial charge in [-0.2, -0.15) is 5.10 Å². The second-order valence-electron chi connectivity index (χ2n) is 4.63. The van der Waals surface area contributed by atoms with Crippen molar-refractivity contribution in [3.8, 4) is 0 Å². The fourth-order valence-corrected chi connectivity index (χ4v) is 2.06. The zero-order valence-electron chi connectivity index (χ0n) is 10.1. The van der Waals surface area contributed by atoms with Gasteiger partial charge in [0, 0.05) is 18.6 Å². The summed E-state index contributed by atoms with van der Waals surface area (Å²) in [5.41, 5.74) is 5.20. The van der Waals surface area contributed by atoms with Crippen LogP contribution in [0.2, 0.25) is 0 Å². The van der Waals surface area contributed by atoms with Gasteiger partial charge in [-0.05, 0) is 36.5 Å². The number of benzene rings is 1. The lowest BCUT2D eigenvalue weighted by Gasteiger charge is -2.10. The van der Waals surface area contributed by atoms with E-state index < -0.39 is 0 Å². The van der Waals surface area contributed by atoms with E-state index in [0.29, 0.717) is 5.92 Å². The molecule has 0 bridgehead atoms. The molecule has 15 heavy (non-hydrogen) atoms. The molecule has 2 heteroatoms. The van der Waals surface area contributed by atoms with Crippen LogP contribution < -0.4 is 0 Å². The first-order chi connectivity index (χ1) is 7.00. The normalized spacial score (nSPS) is 11.6. The highest BCUT2D eigenvalue weighted by atomic mass is 15.2. The lowest BCUT2D eigenvalue weighted by Crippen LogP contribution is -1.93. The van der Waals surface area contributed by atoms with E-state index in [2.05, 4.69) is 45.1 Å². The Morgan fingerprint density at radius 1 is 1.27 bits per heavy atom. The maximum atomic E-state index is 4.53. The number of rotatable bonds is 1. The lowest BCUT2D eigenvalue weighted by molar-refractivity contribution is 0.778. The van der Waals surface area contributed by atoms with Crippen LogP contribution in [0.1, 0.15) is 36.5 Å². The molecule has 1 aromatic carbocycles. The highest BCUT2D eigenvalue weighted by Gasteiger charge is 2.12. The standard InChI is InChI=1S/C13H18N2/c1-8(2)11-6-9(3)10(4)13-12(11)7-15(5)14-13/h6-8H,1-5H3. The van der Waals surface area contributed by atoms with Crippen molar-refractivity contribution in [3.05, 3.63) is 29.0 Å². The van der Waals surface area contributed by atoms with E-state index >= 15 is 0 Å². The fraction of sp³-hybridized carbons (Fsp3) is 0.462. The molecule has 2 nitrogen and oxygen atoms in total. The Kier molecular flexibility index (Phi) is 2.29. The average Bonchev–Trinajstić information content (AvgIpc) is 2.53. The van der Waals surface area contributed by atoms with Gasteiger partial charge in [-0.3, -0.25) is 4.68 Å². The van der Waals surface area contributed by atoms with Crippen molar-refractivity contribution in [3.63, 3.8) is 0 Å². The van der Waals surface area contributed by atoms with Gasteiger partial charge in [0.05, 0.1) is 5.52 Å². The topological polar surface area (TPSA) is 17.8 Å². The Morgan fingerprint density at radius 2 is 1.93 bits per heavy atom. The molecule has 0 aliphatic carbocycles. The van der Waals surface area contributed by atoms with Crippen molar-refractivity contribution in [2.75, 3.05) is 0 Å². The first-order valence-electron chi connectivity index (χ1n) is 5.44. The summed E-state index contributed by atoms with van der Waals surface area (Å²) in [6.07, 6.45) is 2.12. The number of hydrogen-bond acceptors (Lipinski definition) is 1. The fourth-order valence-electron chi connectivity index (χ4n) is 2.06. The SMILES string of the molecule is Cc1cc(C(C)C)c2cn(C)nc2c1C.